The SMILES string of the molecule is Cc1cccc(F)c1NC(=O)NCc1n[nH]c(=S)n1C1CC1. The summed E-state index contributed by atoms with van der Waals surface area (Å²) in [5.41, 5.74) is 0.844. The first-order chi connectivity index (χ1) is 10.6. The van der Waals surface area contributed by atoms with E-state index in [9.17, 15) is 9.18 Å². The smallest absolute Gasteiger partial charge is 0.319 e. The Kier molecular flexibility index (Phi) is 3.93. The molecular weight excluding hydrogens is 305 g/mol. The van der Waals surface area contributed by atoms with E-state index in [1.807, 2.05) is 4.57 Å². The fraction of sp³-hybridized carbons (Fsp3) is 0.357. The van der Waals surface area contributed by atoms with E-state index in [1.54, 1.807) is 19.1 Å². The molecule has 0 aliphatic heterocycles. The van der Waals surface area contributed by atoms with Gasteiger partial charge in [-0.3, -0.25) is 9.67 Å². The van der Waals surface area contributed by atoms with Crippen molar-refractivity contribution in [3.8, 4) is 0 Å². The quantitative estimate of drug-likeness (QED) is 0.758. The lowest BCUT2D eigenvalue weighted by Crippen LogP contribution is -2.30. The zero-order valence-corrected chi connectivity index (χ0v) is 12.8. The van der Waals surface area contributed by atoms with Gasteiger partial charge in [0.25, 0.3) is 0 Å². The van der Waals surface area contributed by atoms with Crippen LogP contribution in [0.1, 0.15) is 30.3 Å². The highest BCUT2D eigenvalue weighted by molar-refractivity contribution is 7.71. The highest BCUT2D eigenvalue weighted by Crippen LogP contribution is 2.35. The Morgan fingerprint density at radius 3 is 3.00 bits per heavy atom. The van der Waals surface area contributed by atoms with Gasteiger partial charge in [-0.2, -0.15) is 5.10 Å². The summed E-state index contributed by atoms with van der Waals surface area (Å²) in [6, 6.07) is 4.53. The molecule has 8 heteroatoms. The maximum Gasteiger partial charge on any atom is 0.319 e. The number of H-pyrrole nitrogens is 1. The number of urea groups is 1. The fourth-order valence-electron chi connectivity index (χ4n) is 2.28. The van der Waals surface area contributed by atoms with Crippen molar-refractivity contribution < 1.29 is 9.18 Å². The van der Waals surface area contributed by atoms with E-state index in [0.29, 0.717) is 22.2 Å². The minimum absolute atomic E-state index is 0.182. The third-order valence-corrected chi connectivity index (χ3v) is 3.85. The largest absolute Gasteiger partial charge is 0.331 e. The number of nitrogens with zero attached hydrogens (tertiary/aromatic N) is 2. The average molecular weight is 321 g/mol. The molecule has 6 nitrogen and oxygen atoms in total. The number of rotatable bonds is 4. The van der Waals surface area contributed by atoms with Crippen molar-refractivity contribution in [1.82, 2.24) is 20.1 Å². The molecule has 1 aliphatic carbocycles. The summed E-state index contributed by atoms with van der Waals surface area (Å²) >= 11 is 5.18. The third kappa shape index (κ3) is 3.01. The number of benzene rings is 1. The molecular formula is C14H16FN5OS. The predicted molar refractivity (Wildman–Crippen MR) is 82.7 cm³/mol. The molecule has 1 fully saturated rings. The molecule has 1 aromatic heterocycles. The maximum atomic E-state index is 13.7. The van der Waals surface area contributed by atoms with Crippen molar-refractivity contribution in [2.24, 2.45) is 0 Å². The van der Waals surface area contributed by atoms with Gasteiger partial charge in [0, 0.05) is 6.04 Å². The molecule has 1 aliphatic rings. The summed E-state index contributed by atoms with van der Waals surface area (Å²) in [4.78, 5) is 11.9. The number of carbonyl (C=O) groups is 1. The Bertz CT molecular complexity index is 745. The normalized spacial score (nSPS) is 13.9. The Labute approximate surface area is 131 Å². The van der Waals surface area contributed by atoms with Crippen molar-refractivity contribution in [1.29, 1.82) is 0 Å². The molecule has 22 heavy (non-hydrogen) atoms. The minimum Gasteiger partial charge on any atom is -0.331 e. The van der Waals surface area contributed by atoms with E-state index in [-0.39, 0.29) is 12.2 Å². The van der Waals surface area contributed by atoms with Gasteiger partial charge in [0.15, 0.2) is 10.6 Å². The summed E-state index contributed by atoms with van der Waals surface area (Å²) in [6.45, 7) is 1.96. The molecule has 2 amide bonds. The highest BCUT2D eigenvalue weighted by Gasteiger charge is 2.27. The average Bonchev–Trinajstić information content (AvgIpc) is 3.24. The van der Waals surface area contributed by atoms with Gasteiger partial charge in [-0.25, -0.2) is 9.18 Å². The van der Waals surface area contributed by atoms with Crippen LogP contribution in [0.4, 0.5) is 14.9 Å². The van der Waals surface area contributed by atoms with Crippen LogP contribution >= 0.6 is 12.2 Å². The van der Waals surface area contributed by atoms with Gasteiger partial charge >= 0.3 is 6.03 Å². The molecule has 0 spiro atoms. The van der Waals surface area contributed by atoms with E-state index >= 15 is 0 Å². The number of amides is 2. The molecule has 2 aromatic rings. The maximum absolute atomic E-state index is 13.7. The molecule has 0 atom stereocenters. The second-order valence-electron chi connectivity index (χ2n) is 5.29. The minimum atomic E-state index is -0.482. The Morgan fingerprint density at radius 1 is 1.55 bits per heavy atom. The van der Waals surface area contributed by atoms with Gasteiger partial charge in [-0.15, -0.1) is 0 Å². The van der Waals surface area contributed by atoms with E-state index in [4.69, 9.17) is 12.2 Å². The number of para-hydroxylation sites is 1. The first-order valence-electron chi connectivity index (χ1n) is 7.02. The number of aromatic nitrogens is 3. The molecule has 1 saturated carbocycles. The number of hydrogen-bond donors (Lipinski definition) is 3. The molecule has 116 valence electrons. The summed E-state index contributed by atoms with van der Waals surface area (Å²) in [5, 5.41) is 12.0. The number of aromatic amines is 1. The van der Waals surface area contributed by atoms with Crippen LogP contribution in [0.3, 0.4) is 0 Å². The molecule has 0 bridgehead atoms. The van der Waals surface area contributed by atoms with Gasteiger partial charge in [-0.05, 0) is 43.6 Å². The fourth-order valence-corrected chi connectivity index (χ4v) is 2.58. The lowest BCUT2D eigenvalue weighted by atomic mass is 10.2. The number of anilines is 1. The van der Waals surface area contributed by atoms with Crippen molar-refractivity contribution in [2.45, 2.75) is 32.4 Å². The second kappa shape index (κ2) is 5.88. The molecule has 0 unspecified atom stereocenters. The predicted octanol–water partition coefficient (Wildman–Crippen LogP) is 3.04. The number of hydrogen-bond acceptors (Lipinski definition) is 3. The van der Waals surface area contributed by atoms with Gasteiger partial charge in [0.2, 0.25) is 0 Å². The van der Waals surface area contributed by atoms with Crippen LogP contribution in [0, 0.1) is 17.5 Å². The van der Waals surface area contributed by atoms with Crippen LogP contribution in [0.15, 0.2) is 18.2 Å². The third-order valence-electron chi connectivity index (χ3n) is 3.56. The summed E-state index contributed by atoms with van der Waals surface area (Å²) < 4.78 is 16.2. The molecule has 0 radical (unpaired) electrons. The van der Waals surface area contributed by atoms with E-state index in [1.165, 1.54) is 6.07 Å². The molecule has 1 heterocycles. The van der Waals surface area contributed by atoms with Crippen LogP contribution in [0.5, 0.6) is 0 Å². The lowest BCUT2D eigenvalue weighted by Gasteiger charge is -2.11. The van der Waals surface area contributed by atoms with Crippen molar-refractivity contribution in [2.75, 3.05) is 5.32 Å². The van der Waals surface area contributed by atoms with Crippen molar-refractivity contribution in [3.05, 3.63) is 40.2 Å². The Hall–Kier alpha value is -2.22. The second-order valence-corrected chi connectivity index (χ2v) is 5.67. The van der Waals surface area contributed by atoms with E-state index < -0.39 is 11.8 Å². The van der Waals surface area contributed by atoms with Crippen molar-refractivity contribution >= 4 is 23.9 Å². The Balaban J connectivity index is 1.65. The van der Waals surface area contributed by atoms with Crippen LogP contribution in [-0.4, -0.2) is 20.8 Å². The number of carbonyl (C=O) groups excluding carboxylic acids is 1. The van der Waals surface area contributed by atoms with Crippen LogP contribution in [0.2, 0.25) is 0 Å². The van der Waals surface area contributed by atoms with Crippen LogP contribution < -0.4 is 10.6 Å². The molecule has 3 N–H and O–H groups in total. The summed E-state index contributed by atoms with van der Waals surface area (Å²) in [5.74, 6) is 0.212. The zero-order valence-electron chi connectivity index (χ0n) is 12.0. The molecule has 3 rings (SSSR count). The monoisotopic (exact) mass is 321 g/mol. The van der Waals surface area contributed by atoms with Gasteiger partial charge in [-0.1, -0.05) is 12.1 Å². The first-order valence-corrected chi connectivity index (χ1v) is 7.43. The summed E-state index contributed by atoms with van der Waals surface area (Å²) in [7, 11) is 0. The van der Waals surface area contributed by atoms with Gasteiger partial charge in [0.05, 0.1) is 12.2 Å². The van der Waals surface area contributed by atoms with Crippen LogP contribution in [-0.2, 0) is 6.54 Å². The van der Waals surface area contributed by atoms with Gasteiger partial charge in [0.1, 0.15) is 5.82 Å². The summed E-state index contributed by atoms with van der Waals surface area (Å²) in [6.07, 6.45) is 2.14. The van der Waals surface area contributed by atoms with Crippen molar-refractivity contribution in [3.63, 3.8) is 0 Å². The number of nitrogens with one attached hydrogen (secondary N) is 3. The number of halogens is 1. The van der Waals surface area contributed by atoms with E-state index in [2.05, 4.69) is 20.8 Å². The zero-order chi connectivity index (χ0) is 15.7. The number of aryl methyl sites for hydroxylation is 1. The molecule has 1 aromatic carbocycles. The topological polar surface area (TPSA) is 74.7 Å². The van der Waals surface area contributed by atoms with Gasteiger partial charge < -0.3 is 10.6 Å². The van der Waals surface area contributed by atoms with Crippen LogP contribution in [0.25, 0.3) is 0 Å². The lowest BCUT2D eigenvalue weighted by molar-refractivity contribution is 0.251. The molecule has 0 saturated heterocycles. The highest BCUT2D eigenvalue weighted by atomic mass is 32.1. The Morgan fingerprint density at radius 2 is 2.32 bits per heavy atom. The van der Waals surface area contributed by atoms with E-state index in [0.717, 1.165) is 12.8 Å². The first kappa shape index (κ1) is 14.7. The standard InChI is InChI=1S/C14H16FN5OS/c1-8-3-2-4-10(15)12(8)17-13(21)16-7-11-18-19-14(22)20(11)9-5-6-9/h2-4,9H,5-7H2,1H3,(H,19,22)(H2,16,17,21).